The van der Waals surface area contributed by atoms with Crippen molar-refractivity contribution >= 4 is 28.3 Å². The topological polar surface area (TPSA) is 71.1 Å². The molecule has 3 aromatic rings. The van der Waals surface area contributed by atoms with E-state index in [1.807, 2.05) is 67.8 Å². The number of nitrogens with zero attached hydrogens (tertiary/aromatic N) is 1. The first-order valence-electron chi connectivity index (χ1n) is 9.07. The Hall–Kier alpha value is -2.99. The van der Waals surface area contributed by atoms with Crippen molar-refractivity contribution in [3.63, 3.8) is 0 Å². The lowest BCUT2D eigenvalue weighted by Gasteiger charge is -2.18. The molecular formula is C22H23N3O2S. The lowest BCUT2D eigenvalue weighted by Crippen LogP contribution is -2.29. The van der Waals surface area contributed by atoms with E-state index < -0.39 is 0 Å². The summed E-state index contributed by atoms with van der Waals surface area (Å²) in [6.07, 6.45) is 0.141. The Labute approximate surface area is 168 Å². The van der Waals surface area contributed by atoms with Crippen molar-refractivity contribution in [3.05, 3.63) is 70.6 Å². The van der Waals surface area contributed by atoms with Gasteiger partial charge in [-0.05, 0) is 19.4 Å². The van der Waals surface area contributed by atoms with Crippen LogP contribution in [0.5, 0.6) is 0 Å². The zero-order valence-electron chi connectivity index (χ0n) is 16.2. The van der Waals surface area contributed by atoms with Crippen LogP contribution < -0.4 is 10.6 Å². The highest BCUT2D eigenvalue weighted by Crippen LogP contribution is 2.26. The molecule has 0 radical (unpaired) electrons. The van der Waals surface area contributed by atoms with Crippen LogP contribution in [0.4, 0.5) is 5.13 Å². The van der Waals surface area contributed by atoms with Crippen LogP contribution in [-0.4, -0.2) is 16.8 Å². The predicted octanol–water partition coefficient (Wildman–Crippen LogP) is 4.63. The van der Waals surface area contributed by atoms with Crippen LogP contribution in [0.25, 0.3) is 11.3 Å². The summed E-state index contributed by atoms with van der Waals surface area (Å²) in [5, 5.41) is 8.17. The molecule has 0 saturated carbocycles. The van der Waals surface area contributed by atoms with Crippen LogP contribution >= 0.6 is 11.3 Å². The third kappa shape index (κ3) is 5.27. The Morgan fingerprint density at radius 2 is 1.61 bits per heavy atom. The summed E-state index contributed by atoms with van der Waals surface area (Å²) in [4.78, 5) is 28.6. The molecule has 28 heavy (non-hydrogen) atoms. The van der Waals surface area contributed by atoms with Gasteiger partial charge in [-0.1, -0.05) is 59.7 Å². The number of aromatic nitrogens is 1. The van der Waals surface area contributed by atoms with E-state index in [1.165, 1.54) is 23.8 Å². The Morgan fingerprint density at radius 3 is 2.21 bits per heavy atom. The monoisotopic (exact) mass is 393 g/mol. The lowest BCUT2D eigenvalue weighted by molar-refractivity contribution is -0.120. The summed E-state index contributed by atoms with van der Waals surface area (Å²) in [6.45, 7) is 5.49. The fourth-order valence-electron chi connectivity index (χ4n) is 2.84. The number of anilines is 1. The largest absolute Gasteiger partial charge is 0.349 e. The van der Waals surface area contributed by atoms with E-state index in [9.17, 15) is 9.59 Å². The second-order valence-electron chi connectivity index (χ2n) is 6.82. The first-order valence-corrected chi connectivity index (χ1v) is 9.95. The van der Waals surface area contributed by atoms with Crippen molar-refractivity contribution in [2.75, 3.05) is 5.32 Å². The number of rotatable bonds is 6. The molecule has 0 spiro atoms. The van der Waals surface area contributed by atoms with E-state index in [0.717, 1.165) is 22.4 Å². The van der Waals surface area contributed by atoms with E-state index >= 15 is 0 Å². The fraction of sp³-hybridized carbons (Fsp3) is 0.227. The molecule has 2 aromatic carbocycles. The minimum absolute atomic E-state index is 0.141. The summed E-state index contributed by atoms with van der Waals surface area (Å²) in [5.74, 6) is -0.363. The Kier molecular flexibility index (Phi) is 6.21. The van der Waals surface area contributed by atoms with E-state index in [1.54, 1.807) is 0 Å². The summed E-state index contributed by atoms with van der Waals surface area (Å²) >= 11 is 1.39. The van der Waals surface area contributed by atoms with E-state index in [0.29, 0.717) is 5.13 Å². The number of nitrogens with one attached hydrogen (secondary N) is 2. The van der Waals surface area contributed by atoms with Crippen LogP contribution in [-0.2, 0) is 9.59 Å². The second-order valence-corrected chi connectivity index (χ2v) is 7.68. The number of thiazole rings is 1. The van der Waals surface area contributed by atoms with Crippen molar-refractivity contribution in [1.29, 1.82) is 0 Å². The molecule has 5 nitrogen and oxygen atoms in total. The highest BCUT2D eigenvalue weighted by molar-refractivity contribution is 7.14. The average molecular weight is 394 g/mol. The van der Waals surface area contributed by atoms with Gasteiger partial charge >= 0.3 is 0 Å². The molecule has 2 N–H and O–H groups in total. The van der Waals surface area contributed by atoms with Crippen LogP contribution in [0.2, 0.25) is 0 Å². The molecule has 0 aliphatic heterocycles. The van der Waals surface area contributed by atoms with Gasteiger partial charge in [0, 0.05) is 17.9 Å². The van der Waals surface area contributed by atoms with Gasteiger partial charge in [0.05, 0.1) is 18.2 Å². The third-order valence-corrected chi connectivity index (χ3v) is 5.10. The van der Waals surface area contributed by atoms with Crippen molar-refractivity contribution in [3.8, 4) is 11.3 Å². The van der Waals surface area contributed by atoms with E-state index in [-0.39, 0.29) is 24.3 Å². The van der Waals surface area contributed by atoms with Crippen LogP contribution in [0, 0.1) is 13.8 Å². The van der Waals surface area contributed by atoms with Crippen molar-refractivity contribution in [2.24, 2.45) is 0 Å². The minimum atomic E-state index is -0.380. The Balaban J connectivity index is 1.68. The molecule has 3 rings (SSSR count). The summed E-state index contributed by atoms with van der Waals surface area (Å²) in [7, 11) is 0. The van der Waals surface area contributed by atoms with Gasteiger partial charge in [-0.25, -0.2) is 4.98 Å². The number of amides is 2. The number of carbonyl (C=O) groups excluding carboxylic acids is 2. The maximum atomic E-state index is 12.5. The predicted molar refractivity (Wildman–Crippen MR) is 113 cm³/mol. The molecule has 0 aliphatic carbocycles. The number of hydrogen-bond acceptors (Lipinski definition) is 4. The standard InChI is InChI=1S/C22H23N3O2S/c1-14-4-8-17(9-5-14)19(23-16(3)26)12-21(27)25-22-24-20(13-28-22)18-10-6-15(2)7-11-18/h4-11,13,19H,12H2,1-3H3,(H,23,26)(H,24,25,27). The van der Waals surface area contributed by atoms with Crippen molar-refractivity contribution in [1.82, 2.24) is 10.3 Å². The molecule has 1 heterocycles. The van der Waals surface area contributed by atoms with Crippen LogP contribution in [0.3, 0.4) is 0 Å². The van der Waals surface area contributed by atoms with Gasteiger partial charge in [0.2, 0.25) is 11.8 Å². The minimum Gasteiger partial charge on any atom is -0.349 e. The zero-order chi connectivity index (χ0) is 20.1. The van der Waals surface area contributed by atoms with Crippen LogP contribution in [0.1, 0.15) is 36.1 Å². The van der Waals surface area contributed by atoms with Crippen molar-refractivity contribution in [2.45, 2.75) is 33.2 Å². The van der Waals surface area contributed by atoms with Gasteiger partial charge < -0.3 is 10.6 Å². The SMILES string of the molecule is CC(=O)NC(CC(=O)Nc1nc(-c2ccc(C)cc2)cs1)c1ccc(C)cc1. The molecule has 2 amide bonds. The maximum absolute atomic E-state index is 12.5. The van der Waals surface area contributed by atoms with Gasteiger partial charge in [-0.2, -0.15) is 0 Å². The third-order valence-electron chi connectivity index (χ3n) is 4.34. The molecule has 1 atom stereocenters. The molecule has 0 aliphatic rings. The quantitative estimate of drug-likeness (QED) is 0.641. The molecule has 0 bridgehead atoms. The van der Waals surface area contributed by atoms with Gasteiger partial charge in [-0.15, -0.1) is 11.3 Å². The van der Waals surface area contributed by atoms with Gasteiger partial charge in [0.25, 0.3) is 0 Å². The molecular weight excluding hydrogens is 370 g/mol. The Morgan fingerprint density at radius 1 is 1.00 bits per heavy atom. The number of hydrogen-bond donors (Lipinski definition) is 2. The van der Waals surface area contributed by atoms with Gasteiger partial charge in [-0.3, -0.25) is 9.59 Å². The second kappa shape index (κ2) is 8.80. The first-order chi connectivity index (χ1) is 13.4. The summed E-state index contributed by atoms with van der Waals surface area (Å²) in [6, 6.07) is 15.5. The van der Waals surface area contributed by atoms with Gasteiger partial charge in [0.1, 0.15) is 0 Å². The summed E-state index contributed by atoms with van der Waals surface area (Å²) < 4.78 is 0. The highest BCUT2D eigenvalue weighted by Gasteiger charge is 2.18. The van der Waals surface area contributed by atoms with Crippen molar-refractivity contribution < 1.29 is 9.59 Å². The number of aryl methyl sites for hydroxylation is 2. The molecule has 0 saturated heterocycles. The maximum Gasteiger partial charge on any atom is 0.228 e. The highest BCUT2D eigenvalue weighted by atomic mass is 32.1. The fourth-order valence-corrected chi connectivity index (χ4v) is 3.58. The normalized spacial score (nSPS) is 11.7. The molecule has 6 heteroatoms. The lowest BCUT2D eigenvalue weighted by atomic mass is 10.0. The molecule has 144 valence electrons. The van der Waals surface area contributed by atoms with Crippen LogP contribution in [0.15, 0.2) is 53.9 Å². The molecule has 1 aromatic heterocycles. The average Bonchev–Trinajstić information content (AvgIpc) is 3.10. The number of benzene rings is 2. The zero-order valence-corrected chi connectivity index (χ0v) is 17.0. The molecule has 0 fully saturated rings. The number of carbonyl (C=O) groups is 2. The van der Waals surface area contributed by atoms with E-state index in [2.05, 4.69) is 15.6 Å². The smallest absolute Gasteiger partial charge is 0.228 e. The van der Waals surface area contributed by atoms with Gasteiger partial charge in [0.15, 0.2) is 5.13 Å². The first kappa shape index (κ1) is 19.8. The Bertz CT molecular complexity index is 962. The molecule has 1 unspecified atom stereocenters. The van der Waals surface area contributed by atoms with E-state index in [4.69, 9.17) is 0 Å². The summed E-state index contributed by atoms with van der Waals surface area (Å²) in [5.41, 5.74) is 5.06.